The van der Waals surface area contributed by atoms with Crippen molar-refractivity contribution >= 4 is 11.7 Å². The van der Waals surface area contributed by atoms with Gasteiger partial charge in [-0.3, -0.25) is 9.59 Å². The van der Waals surface area contributed by atoms with Crippen molar-refractivity contribution in [2.24, 2.45) is 0 Å². The van der Waals surface area contributed by atoms with Gasteiger partial charge < -0.3 is 14.8 Å². The zero-order valence-electron chi connectivity index (χ0n) is 15.9. The molecule has 2 aromatic carbocycles. The van der Waals surface area contributed by atoms with Gasteiger partial charge >= 0.3 is 0 Å². The Morgan fingerprint density at radius 3 is 2.15 bits per heavy atom. The number of methoxy groups -OCH3 is 2. The Labute approximate surface area is 154 Å². The molecule has 0 radical (unpaired) electrons. The third-order valence-electron chi connectivity index (χ3n) is 4.15. The molecule has 0 aromatic heterocycles. The van der Waals surface area contributed by atoms with Crippen LogP contribution in [0.2, 0.25) is 0 Å². The van der Waals surface area contributed by atoms with Gasteiger partial charge in [-0.05, 0) is 23.1 Å². The molecular formula is C21H25NO4. The Kier molecular flexibility index (Phi) is 6.03. The van der Waals surface area contributed by atoms with E-state index < -0.39 is 11.7 Å². The molecule has 0 heterocycles. The molecule has 0 unspecified atom stereocenters. The van der Waals surface area contributed by atoms with E-state index >= 15 is 0 Å². The molecule has 0 saturated heterocycles. The van der Waals surface area contributed by atoms with Crippen LogP contribution in [0.1, 0.15) is 42.3 Å². The lowest BCUT2D eigenvalue weighted by molar-refractivity contribution is -0.117. The van der Waals surface area contributed by atoms with E-state index in [1.54, 1.807) is 44.6 Å². The first-order valence-corrected chi connectivity index (χ1v) is 8.40. The minimum absolute atomic E-state index is 0.00520. The molecular weight excluding hydrogens is 330 g/mol. The van der Waals surface area contributed by atoms with Crippen LogP contribution in [0.15, 0.2) is 42.5 Å². The number of hydrogen-bond acceptors (Lipinski definition) is 4. The van der Waals surface area contributed by atoms with Crippen LogP contribution < -0.4 is 14.8 Å². The SMILES string of the molecule is COc1ccc(CNC(=O)C(=O)c2ccc(C(C)(C)C)cc2)c(OC)c1. The summed E-state index contributed by atoms with van der Waals surface area (Å²) in [4.78, 5) is 24.5. The maximum Gasteiger partial charge on any atom is 0.292 e. The third-order valence-corrected chi connectivity index (χ3v) is 4.15. The number of hydrogen-bond donors (Lipinski definition) is 1. The van der Waals surface area contributed by atoms with E-state index in [4.69, 9.17) is 9.47 Å². The van der Waals surface area contributed by atoms with E-state index in [9.17, 15) is 9.59 Å². The smallest absolute Gasteiger partial charge is 0.292 e. The molecule has 1 N–H and O–H groups in total. The summed E-state index contributed by atoms with van der Waals surface area (Å²) in [7, 11) is 3.11. The lowest BCUT2D eigenvalue weighted by Crippen LogP contribution is -2.30. The van der Waals surface area contributed by atoms with E-state index in [1.165, 1.54) is 0 Å². The van der Waals surface area contributed by atoms with E-state index in [0.29, 0.717) is 17.1 Å². The van der Waals surface area contributed by atoms with Crippen LogP contribution in [0.5, 0.6) is 11.5 Å². The molecule has 0 saturated carbocycles. The summed E-state index contributed by atoms with van der Waals surface area (Å²) >= 11 is 0. The van der Waals surface area contributed by atoms with Gasteiger partial charge in [0.2, 0.25) is 5.78 Å². The Hall–Kier alpha value is -2.82. The average molecular weight is 355 g/mol. The van der Waals surface area contributed by atoms with Crippen molar-refractivity contribution in [3.05, 3.63) is 59.2 Å². The Morgan fingerprint density at radius 1 is 0.962 bits per heavy atom. The highest BCUT2D eigenvalue weighted by atomic mass is 16.5. The summed E-state index contributed by atoms with van der Waals surface area (Å²) in [6.07, 6.45) is 0. The average Bonchev–Trinajstić information content (AvgIpc) is 2.64. The highest BCUT2D eigenvalue weighted by Crippen LogP contribution is 2.24. The lowest BCUT2D eigenvalue weighted by atomic mass is 9.86. The second-order valence-electron chi connectivity index (χ2n) is 7.02. The molecule has 1 amide bonds. The van der Waals surface area contributed by atoms with Gasteiger partial charge in [0.15, 0.2) is 0 Å². The van der Waals surface area contributed by atoms with Crippen LogP contribution in [0.25, 0.3) is 0 Å². The second-order valence-corrected chi connectivity index (χ2v) is 7.02. The van der Waals surface area contributed by atoms with Crippen LogP contribution in [0.3, 0.4) is 0 Å². The molecule has 0 bridgehead atoms. The molecule has 5 heteroatoms. The van der Waals surface area contributed by atoms with Gasteiger partial charge in [-0.25, -0.2) is 0 Å². The molecule has 0 atom stereocenters. The summed E-state index contributed by atoms with van der Waals surface area (Å²) < 4.78 is 10.4. The van der Waals surface area contributed by atoms with Crippen LogP contribution in [0.4, 0.5) is 0 Å². The van der Waals surface area contributed by atoms with Gasteiger partial charge in [-0.1, -0.05) is 45.0 Å². The fraction of sp³-hybridized carbons (Fsp3) is 0.333. The van der Waals surface area contributed by atoms with Gasteiger partial charge in [0.05, 0.1) is 14.2 Å². The lowest BCUT2D eigenvalue weighted by Gasteiger charge is -2.18. The number of nitrogens with one attached hydrogen (secondary N) is 1. The Morgan fingerprint density at radius 2 is 1.62 bits per heavy atom. The number of ketones is 1. The van der Waals surface area contributed by atoms with Crippen molar-refractivity contribution in [3.63, 3.8) is 0 Å². The molecule has 2 rings (SSSR count). The number of carbonyl (C=O) groups excluding carboxylic acids is 2. The van der Waals surface area contributed by atoms with E-state index in [0.717, 1.165) is 11.1 Å². The molecule has 0 spiro atoms. The number of benzene rings is 2. The summed E-state index contributed by atoms with van der Waals surface area (Å²) in [6.45, 7) is 6.48. The van der Waals surface area contributed by atoms with Crippen molar-refractivity contribution in [1.82, 2.24) is 5.32 Å². The zero-order chi connectivity index (χ0) is 19.3. The van der Waals surface area contributed by atoms with Crippen molar-refractivity contribution in [3.8, 4) is 11.5 Å². The molecule has 2 aromatic rings. The maximum absolute atomic E-state index is 12.3. The Bertz CT molecular complexity index is 789. The predicted octanol–water partition coefficient (Wildman–Crippen LogP) is 3.50. The summed E-state index contributed by atoms with van der Waals surface area (Å²) in [5.74, 6) is 0.0443. The van der Waals surface area contributed by atoms with Gasteiger partial charge in [-0.2, -0.15) is 0 Å². The minimum atomic E-state index is -0.647. The van der Waals surface area contributed by atoms with Crippen LogP contribution >= 0.6 is 0 Å². The van der Waals surface area contributed by atoms with Crippen molar-refractivity contribution in [2.45, 2.75) is 32.7 Å². The first-order chi connectivity index (χ1) is 12.3. The van der Waals surface area contributed by atoms with Crippen LogP contribution in [-0.4, -0.2) is 25.9 Å². The second kappa shape index (κ2) is 8.04. The third kappa shape index (κ3) is 4.63. The monoisotopic (exact) mass is 355 g/mol. The van der Waals surface area contributed by atoms with Gasteiger partial charge in [0.25, 0.3) is 5.91 Å². The van der Waals surface area contributed by atoms with Gasteiger partial charge in [0.1, 0.15) is 11.5 Å². The summed E-state index contributed by atoms with van der Waals surface area (Å²) in [5.41, 5.74) is 2.24. The van der Waals surface area contributed by atoms with Crippen molar-refractivity contribution < 1.29 is 19.1 Å². The molecule has 26 heavy (non-hydrogen) atoms. The molecule has 138 valence electrons. The largest absolute Gasteiger partial charge is 0.497 e. The zero-order valence-corrected chi connectivity index (χ0v) is 15.9. The summed E-state index contributed by atoms with van der Waals surface area (Å²) in [6, 6.07) is 12.4. The van der Waals surface area contributed by atoms with Gasteiger partial charge in [0, 0.05) is 23.7 Å². The minimum Gasteiger partial charge on any atom is -0.497 e. The normalized spacial score (nSPS) is 11.0. The molecule has 0 aliphatic carbocycles. The van der Waals surface area contributed by atoms with Crippen molar-refractivity contribution in [1.29, 1.82) is 0 Å². The topological polar surface area (TPSA) is 64.6 Å². The number of Topliss-reactive ketones (excluding diaryl/α,β-unsaturated/α-hetero) is 1. The number of amides is 1. The molecule has 5 nitrogen and oxygen atoms in total. The van der Waals surface area contributed by atoms with Crippen molar-refractivity contribution in [2.75, 3.05) is 14.2 Å². The predicted molar refractivity (Wildman–Crippen MR) is 101 cm³/mol. The highest BCUT2D eigenvalue weighted by Gasteiger charge is 2.18. The number of rotatable bonds is 6. The van der Waals surface area contributed by atoms with Crippen LogP contribution in [-0.2, 0) is 16.8 Å². The van der Waals surface area contributed by atoms with Gasteiger partial charge in [-0.15, -0.1) is 0 Å². The van der Waals surface area contributed by atoms with Crippen LogP contribution in [0, 0.1) is 0 Å². The van der Waals surface area contributed by atoms with E-state index in [2.05, 4.69) is 26.1 Å². The number of carbonyl (C=O) groups is 2. The highest BCUT2D eigenvalue weighted by molar-refractivity contribution is 6.42. The first kappa shape index (κ1) is 19.5. The quantitative estimate of drug-likeness (QED) is 0.636. The maximum atomic E-state index is 12.3. The summed E-state index contributed by atoms with van der Waals surface area (Å²) in [5, 5.41) is 2.64. The molecule has 0 fully saturated rings. The van der Waals surface area contributed by atoms with E-state index in [1.807, 2.05) is 12.1 Å². The number of ether oxygens (including phenoxy) is 2. The standard InChI is InChI=1S/C21H25NO4/c1-21(2,3)16-9-6-14(7-10-16)19(23)20(24)22-13-15-8-11-17(25-4)12-18(15)26-5/h6-12H,13H2,1-5H3,(H,22,24). The Balaban J connectivity index is 2.05. The first-order valence-electron chi connectivity index (χ1n) is 8.40. The fourth-order valence-electron chi connectivity index (χ4n) is 2.51. The fourth-order valence-corrected chi connectivity index (χ4v) is 2.51. The molecule has 0 aliphatic heterocycles. The molecule has 0 aliphatic rings. The van der Waals surface area contributed by atoms with E-state index in [-0.39, 0.29) is 12.0 Å².